The number of benzene rings is 2. The summed E-state index contributed by atoms with van der Waals surface area (Å²) in [4.78, 5) is 22.9. The third-order valence-corrected chi connectivity index (χ3v) is 5.56. The Labute approximate surface area is 229 Å². The van der Waals surface area contributed by atoms with Gasteiger partial charge in [0.1, 0.15) is 11.4 Å². The van der Waals surface area contributed by atoms with Gasteiger partial charge in [-0.15, -0.1) is 30.9 Å². The van der Waals surface area contributed by atoms with Gasteiger partial charge in [0.05, 0.1) is 13.0 Å². The molecule has 192 valence electrons. The zero-order valence-corrected chi connectivity index (χ0v) is 22.4. The maximum absolute atomic E-state index is 11.2. The van der Waals surface area contributed by atoms with Gasteiger partial charge in [0.2, 0.25) is 0 Å². The van der Waals surface area contributed by atoms with Crippen molar-refractivity contribution in [3.05, 3.63) is 73.0 Å². The Morgan fingerprint density at radius 1 is 1.06 bits per heavy atom. The minimum Gasteiger partial charge on any atom is -0.493 e. The second-order valence-electron chi connectivity index (χ2n) is 9.44. The van der Waals surface area contributed by atoms with Crippen molar-refractivity contribution in [2.75, 3.05) is 25.0 Å². The number of anilines is 1. The number of amides is 2. The molecule has 0 saturated heterocycles. The van der Waals surface area contributed by atoms with E-state index in [0.29, 0.717) is 13.1 Å². The molecule has 1 N–H and O–H groups in total. The smallest absolute Gasteiger partial charge is 0.493 e. The molecule has 0 atom stereocenters. The number of hydrogen-bond acceptors (Lipinski definition) is 4. The molecule has 0 fully saturated rings. The van der Waals surface area contributed by atoms with E-state index in [1.807, 2.05) is 45.0 Å². The fourth-order valence-corrected chi connectivity index (χ4v) is 3.77. The SMILES string of the molecule is O=[C-]Nc1ccc(CCCCOc2cccc3c2CCC3)cc1.[CH2-]CN(C[CH2-])C(=O)OC(C)(C)C.[Li+]. The van der Waals surface area contributed by atoms with Crippen LogP contribution in [0.1, 0.15) is 56.7 Å². The molecule has 0 unspecified atom stereocenters. The van der Waals surface area contributed by atoms with Gasteiger partial charge in [-0.1, -0.05) is 29.8 Å². The molecule has 1 aliphatic carbocycles. The number of unbranched alkanes of at least 4 members (excludes halogenated alkanes) is 1. The van der Waals surface area contributed by atoms with E-state index in [2.05, 4.69) is 37.4 Å². The van der Waals surface area contributed by atoms with Gasteiger partial charge in [-0.3, -0.25) is 0 Å². The number of hydrogen-bond donors (Lipinski definition) is 1. The minimum absolute atomic E-state index is 0. The molecule has 0 aromatic heterocycles. The van der Waals surface area contributed by atoms with Gasteiger partial charge < -0.3 is 38.3 Å². The van der Waals surface area contributed by atoms with Crippen molar-refractivity contribution in [1.29, 1.82) is 0 Å². The Hall–Kier alpha value is -2.42. The molecule has 2 aromatic carbocycles. The molecule has 0 bridgehead atoms. The zero-order valence-electron chi connectivity index (χ0n) is 22.4. The average Bonchev–Trinajstić information content (AvgIpc) is 3.30. The van der Waals surface area contributed by atoms with Gasteiger partial charge in [-0.2, -0.15) is 0 Å². The molecule has 2 aromatic rings. The first-order chi connectivity index (χ1) is 16.8. The van der Waals surface area contributed by atoms with Crippen LogP contribution in [0, 0.1) is 13.8 Å². The van der Waals surface area contributed by atoms with Crippen molar-refractivity contribution in [2.45, 2.75) is 64.9 Å². The molecule has 1 aliphatic rings. The molecule has 0 radical (unpaired) electrons. The van der Waals surface area contributed by atoms with Crippen LogP contribution in [-0.2, 0) is 28.8 Å². The molecule has 36 heavy (non-hydrogen) atoms. The van der Waals surface area contributed by atoms with Gasteiger partial charge in [-0.05, 0) is 76.5 Å². The standard InChI is InChI=1S/C20H22NO2.C9H17NO2.Li/c22-15-21-18-12-10-16(11-13-18)5-1-2-14-23-20-9-4-7-17-6-3-8-19(17)20;1-6-10(7-2)8(11)12-9(3,4)5;/h4,7,9-13H,1-3,5-6,8,14H2,(H,21,22);1-2,6-7H2,3-5H3;/q-1;-2;+1. The monoisotopic (exact) mass is 486 g/mol. The average molecular weight is 487 g/mol. The predicted octanol–water partition coefficient (Wildman–Crippen LogP) is 2.95. The van der Waals surface area contributed by atoms with E-state index < -0.39 is 5.60 Å². The largest absolute Gasteiger partial charge is 1.00 e. The molecule has 3 rings (SSSR count). The molecule has 0 aliphatic heterocycles. The van der Waals surface area contributed by atoms with Gasteiger partial charge in [0, 0.05) is 0 Å². The topological polar surface area (TPSA) is 67.9 Å². The van der Waals surface area contributed by atoms with Gasteiger partial charge in [-0.25, -0.2) is 4.79 Å². The maximum atomic E-state index is 11.2. The Morgan fingerprint density at radius 2 is 1.75 bits per heavy atom. The Morgan fingerprint density at radius 3 is 2.36 bits per heavy atom. The zero-order chi connectivity index (χ0) is 25.7. The van der Waals surface area contributed by atoms with Crippen molar-refractivity contribution in [2.24, 2.45) is 0 Å². The van der Waals surface area contributed by atoms with E-state index in [-0.39, 0.29) is 25.0 Å². The van der Waals surface area contributed by atoms with Crippen molar-refractivity contribution in [1.82, 2.24) is 4.90 Å². The number of aryl methyl sites for hydroxylation is 2. The first-order valence-corrected chi connectivity index (χ1v) is 12.3. The van der Waals surface area contributed by atoms with Crippen LogP contribution >= 0.6 is 0 Å². The van der Waals surface area contributed by atoms with Crippen LogP contribution in [0.25, 0.3) is 0 Å². The molecule has 6 nitrogen and oxygen atoms in total. The number of fused-ring (bicyclic) bond motifs is 1. The summed E-state index contributed by atoms with van der Waals surface area (Å²) >= 11 is 0. The van der Waals surface area contributed by atoms with E-state index in [1.165, 1.54) is 34.4 Å². The maximum Gasteiger partial charge on any atom is 1.00 e. The van der Waals surface area contributed by atoms with E-state index >= 15 is 0 Å². The summed E-state index contributed by atoms with van der Waals surface area (Å²) in [6, 6.07) is 14.3. The summed E-state index contributed by atoms with van der Waals surface area (Å²) in [5, 5.41) is 2.52. The first kappa shape index (κ1) is 31.6. The second-order valence-corrected chi connectivity index (χ2v) is 9.44. The molecule has 7 heteroatoms. The Bertz CT molecular complexity index is 922. The summed E-state index contributed by atoms with van der Waals surface area (Å²) in [7, 11) is 0. The normalized spacial score (nSPS) is 11.8. The molecular weight excluding hydrogens is 447 g/mol. The predicted molar refractivity (Wildman–Crippen MR) is 141 cm³/mol. The van der Waals surface area contributed by atoms with E-state index in [9.17, 15) is 9.59 Å². The number of ether oxygens (including phenoxy) is 2. The summed E-state index contributed by atoms with van der Waals surface area (Å²) in [6.45, 7) is 14.2. The van der Waals surface area contributed by atoms with E-state index in [4.69, 9.17) is 9.47 Å². The fourth-order valence-electron chi connectivity index (χ4n) is 3.77. The molecular formula is C29H39LiN2O4-2. The Balaban J connectivity index is 0.000000429. The van der Waals surface area contributed by atoms with Crippen LogP contribution in [0.2, 0.25) is 0 Å². The molecule has 0 spiro atoms. The summed E-state index contributed by atoms with van der Waals surface area (Å²) < 4.78 is 11.1. The minimum atomic E-state index is -0.445. The fraction of sp³-hybridized carbons (Fsp3) is 0.448. The second kappa shape index (κ2) is 16.3. The van der Waals surface area contributed by atoms with Gasteiger partial charge in [0.15, 0.2) is 0 Å². The van der Waals surface area contributed by atoms with E-state index in [1.54, 1.807) is 6.41 Å². The number of nitrogens with zero attached hydrogens (tertiary/aromatic N) is 1. The molecule has 2 amide bonds. The van der Waals surface area contributed by atoms with Crippen LogP contribution < -0.4 is 28.9 Å². The quantitative estimate of drug-likeness (QED) is 0.243. The third-order valence-electron chi connectivity index (χ3n) is 5.56. The van der Waals surface area contributed by atoms with Crippen LogP contribution in [0.15, 0.2) is 42.5 Å². The number of carbonyl (C=O) groups excluding carboxylic acids is 2. The van der Waals surface area contributed by atoms with Crippen LogP contribution in [-0.4, -0.2) is 42.7 Å². The molecule has 0 saturated carbocycles. The number of carbonyl (C=O) groups is 1. The van der Waals surface area contributed by atoms with Crippen LogP contribution in [0.5, 0.6) is 5.75 Å². The number of rotatable bonds is 10. The first-order valence-electron chi connectivity index (χ1n) is 12.3. The van der Waals surface area contributed by atoms with Crippen LogP contribution in [0.3, 0.4) is 0 Å². The van der Waals surface area contributed by atoms with Gasteiger partial charge in [0.25, 0.3) is 0 Å². The van der Waals surface area contributed by atoms with Crippen molar-refractivity contribution < 1.29 is 37.9 Å². The van der Waals surface area contributed by atoms with E-state index in [0.717, 1.165) is 43.7 Å². The van der Waals surface area contributed by atoms with Crippen molar-refractivity contribution in [3.8, 4) is 5.75 Å². The van der Waals surface area contributed by atoms with Crippen LogP contribution in [0.4, 0.5) is 10.5 Å². The summed E-state index contributed by atoms with van der Waals surface area (Å²) in [6.07, 6.45) is 8.10. The third kappa shape index (κ3) is 11.1. The van der Waals surface area contributed by atoms with Crippen molar-refractivity contribution >= 4 is 18.2 Å². The molecule has 0 heterocycles. The number of nitrogens with one attached hydrogen (secondary N) is 1. The van der Waals surface area contributed by atoms with Crippen molar-refractivity contribution in [3.63, 3.8) is 0 Å². The van der Waals surface area contributed by atoms with Gasteiger partial charge >= 0.3 is 25.0 Å². The summed E-state index contributed by atoms with van der Waals surface area (Å²) in [5.74, 6) is 1.08. The Kier molecular flexibility index (Phi) is 14.4. The summed E-state index contributed by atoms with van der Waals surface area (Å²) in [5.41, 5.74) is 4.50.